The van der Waals surface area contributed by atoms with Gasteiger partial charge in [0.05, 0.1) is 19.1 Å². The van der Waals surface area contributed by atoms with E-state index in [2.05, 4.69) is 4.90 Å². The zero-order valence-corrected chi connectivity index (χ0v) is 14.8. The van der Waals surface area contributed by atoms with Crippen molar-refractivity contribution < 1.29 is 14.3 Å². The van der Waals surface area contributed by atoms with Crippen LogP contribution in [-0.4, -0.2) is 61.0 Å². The first-order chi connectivity index (χ1) is 12.2. The van der Waals surface area contributed by atoms with E-state index < -0.39 is 0 Å². The van der Waals surface area contributed by atoms with Gasteiger partial charge in [-0.3, -0.25) is 9.69 Å². The molecule has 4 rings (SSSR count). The molecule has 0 N–H and O–H groups in total. The normalized spacial score (nSPS) is 28.5. The molecular formula is C20H26N2O3. The van der Waals surface area contributed by atoms with E-state index in [1.54, 1.807) is 12.1 Å². The minimum atomic E-state index is -0.359. The van der Waals surface area contributed by atoms with Gasteiger partial charge in [-0.25, -0.2) is 4.79 Å². The molecule has 1 aromatic carbocycles. The molecule has 0 saturated carbocycles. The number of nitrogens with zero attached hydrogens (tertiary/aromatic N) is 2. The molecule has 0 unspecified atom stereocenters. The predicted octanol–water partition coefficient (Wildman–Crippen LogP) is 1.96. The number of carbonyl (C=O) groups excluding carboxylic acids is 2. The molecule has 1 amide bonds. The molecule has 1 aromatic rings. The number of esters is 1. The fourth-order valence-corrected chi connectivity index (χ4v) is 4.97. The largest absolute Gasteiger partial charge is 0.465 e. The second-order valence-electron chi connectivity index (χ2n) is 7.65. The van der Waals surface area contributed by atoms with Gasteiger partial charge in [0.25, 0.3) is 0 Å². The van der Waals surface area contributed by atoms with E-state index in [-0.39, 0.29) is 11.9 Å². The second-order valence-corrected chi connectivity index (χ2v) is 7.65. The standard InChI is InChI=1S/C20H26N2O3/c1-25-20(24)15-6-4-5-14(9-15)10-19(23)22-12-16-11-21-8-3-2-7-18(21)17(16)13-22/h4-6,9,16-18H,2-3,7-8,10-13H2,1H3/t16-,17-,18+/m0/s1. The van der Waals surface area contributed by atoms with Crippen molar-refractivity contribution in [3.63, 3.8) is 0 Å². The first kappa shape index (κ1) is 16.6. The van der Waals surface area contributed by atoms with Crippen LogP contribution in [0, 0.1) is 11.8 Å². The molecule has 3 fully saturated rings. The monoisotopic (exact) mass is 342 g/mol. The smallest absolute Gasteiger partial charge is 0.337 e. The highest BCUT2D eigenvalue weighted by atomic mass is 16.5. The fraction of sp³-hybridized carbons (Fsp3) is 0.600. The summed E-state index contributed by atoms with van der Waals surface area (Å²) in [6.45, 7) is 4.21. The summed E-state index contributed by atoms with van der Waals surface area (Å²) < 4.78 is 4.76. The summed E-state index contributed by atoms with van der Waals surface area (Å²) in [6, 6.07) is 7.90. The molecule has 5 heteroatoms. The number of benzene rings is 1. The molecule has 25 heavy (non-hydrogen) atoms. The Kier molecular flexibility index (Phi) is 4.50. The number of rotatable bonds is 3. The van der Waals surface area contributed by atoms with Gasteiger partial charge in [0.15, 0.2) is 0 Å². The number of hydrogen-bond acceptors (Lipinski definition) is 4. The summed E-state index contributed by atoms with van der Waals surface area (Å²) in [4.78, 5) is 29.1. The average molecular weight is 342 g/mol. The quantitative estimate of drug-likeness (QED) is 0.788. The van der Waals surface area contributed by atoms with Crippen LogP contribution < -0.4 is 0 Å². The van der Waals surface area contributed by atoms with E-state index in [0.29, 0.717) is 29.9 Å². The first-order valence-electron chi connectivity index (χ1n) is 9.35. The third-order valence-corrected chi connectivity index (χ3v) is 6.18. The minimum absolute atomic E-state index is 0.179. The van der Waals surface area contributed by atoms with Gasteiger partial charge in [-0.05, 0) is 48.9 Å². The number of likely N-dealkylation sites (tertiary alicyclic amines) is 1. The van der Waals surface area contributed by atoms with E-state index in [1.807, 2.05) is 17.0 Å². The summed E-state index contributed by atoms with van der Waals surface area (Å²) in [6.07, 6.45) is 4.32. The van der Waals surface area contributed by atoms with Crippen LogP contribution in [0.4, 0.5) is 0 Å². The lowest BCUT2D eigenvalue weighted by atomic mass is 9.90. The Hall–Kier alpha value is -1.88. The molecule has 134 valence electrons. The van der Waals surface area contributed by atoms with Crippen LogP contribution in [0.15, 0.2) is 24.3 Å². The van der Waals surface area contributed by atoms with E-state index in [0.717, 1.165) is 25.2 Å². The number of fused-ring (bicyclic) bond motifs is 3. The average Bonchev–Trinajstić information content (AvgIpc) is 3.19. The maximum atomic E-state index is 12.8. The molecule has 3 saturated heterocycles. The Morgan fingerprint density at radius 2 is 2.08 bits per heavy atom. The predicted molar refractivity (Wildman–Crippen MR) is 94.3 cm³/mol. The Labute approximate surface area is 148 Å². The zero-order valence-electron chi connectivity index (χ0n) is 14.8. The highest BCUT2D eigenvalue weighted by Crippen LogP contribution is 2.40. The van der Waals surface area contributed by atoms with Crippen molar-refractivity contribution in [2.45, 2.75) is 31.7 Å². The van der Waals surface area contributed by atoms with Crippen LogP contribution in [0.2, 0.25) is 0 Å². The van der Waals surface area contributed by atoms with Gasteiger partial charge in [0, 0.05) is 25.7 Å². The third-order valence-electron chi connectivity index (χ3n) is 6.18. The molecule has 0 aromatic heterocycles. The molecule has 3 heterocycles. The van der Waals surface area contributed by atoms with Gasteiger partial charge >= 0.3 is 5.97 Å². The Morgan fingerprint density at radius 1 is 1.20 bits per heavy atom. The summed E-state index contributed by atoms with van der Waals surface area (Å²) in [5.74, 6) is 1.13. The van der Waals surface area contributed by atoms with E-state index in [1.165, 1.54) is 32.9 Å². The van der Waals surface area contributed by atoms with Crippen molar-refractivity contribution in [2.24, 2.45) is 11.8 Å². The van der Waals surface area contributed by atoms with Crippen LogP contribution in [0.1, 0.15) is 35.2 Å². The van der Waals surface area contributed by atoms with E-state index in [9.17, 15) is 9.59 Å². The Balaban J connectivity index is 1.39. The lowest BCUT2D eigenvalue weighted by Crippen LogP contribution is -2.41. The fourth-order valence-electron chi connectivity index (χ4n) is 4.97. The maximum absolute atomic E-state index is 12.8. The molecule has 0 radical (unpaired) electrons. The number of hydrogen-bond donors (Lipinski definition) is 0. The lowest BCUT2D eigenvalue weighted by Gasteiger charge is -2.33. The van der Waals surface area contributed by atoms with Crippen LogP contribution in [0.25, 0.3) is 0 Å². The summed E-state index contributed by atoms with van der Waals surface area (Å²) in [5, 5.41) is 0. The van der Waals surface area contributed by atoms with Crippen LogP contribution in [-0.2, 0) is 16.0 Å². The molecule has 3 aliphatic rings. The number of carbonyl (C=O) groups is 2. The lowest BCUT2D eigenvalue weighted by molar-refractivity contribution is -0.129. The summed E-state index contributed by atoms with van der Waals surface area (Å²) in [7, 11) is 1.37. The van der Waals surface area contributed by atoms with Gasteiger partial charge in [-0.1, -0.05) is 18.6 Å². The van der Waals surface area contributed by atoms with Crippen molar-refractivity contribution in [3.8, 4) is 0 Å². The van der Waals surface area contributed by atoms with Gasteiger partial charge in [-0.15, -0.1) is 0 Å². The third kappa shape index (κ3) is 3.17. The summed E-state index contributed by atoms with van der Waals surface area (Å²) in [5.41, 5.74) is 1.38. The molecule has 0 aliphatic carbocycles. The van der Waals surface area contributed by atoms with Gasteiger partial charge < -0.3 is 9.64 Å². The minimum Gasteiger partial charge on any atom is -0.465 e. The summed E-state index contributed by atoms with van der Waals surface area (Å²) >= 11 is 0. The van der Waals surface area contributed by atoms with E-state index in [4.69, 9.17) is 4.74 Å². The molecule has 0 bridgehead atoms. The van der Waals surface area contributed by atoms with Crippen LogP contribution >= 0.6 is 0 Å². The van der Waals surface area contributed by atoms with Crippen molar-refractivity contribution in [1.29, 1.82) is 0 Å². The second kappa shape index (κ2) is 6.79. The maximum Gasteiger partial charge on any atom is 0.337 e. The van der Waals surface area contributed by atoms with Crippen molar-refractivity contribution in [1.82, 2.24) is 9.80 Å². The molecule has 3 atom stereocenters. The number of amides is 1. The van der Waals surface area contributed by atoms with Gasteiger partial charge in [-0.2, -0.15) is 0 Å². The molecule has 5 nitrogen and oxygen atoms in total. The van der Waals surface area contributed by atoms with E-state index >= 15 is 0 Å². The van der Waals surface area contributed by atoms with Crippen LogP contribution in [0.3, 0.4) is 0 Å². The van der Waals surface area contributed by atoms with Crippen LogP contribution in [0.5, 0.6) is 0 Å². The van der Waals surface area contributed by atoms with Gasteiger partial charge in [0.1, 0.15) is 0 Å². The Bertz CT molecular complexity index is 675. The Morgan fingerprint density at radius 3 is 2.92 bits per heavy atom. The number of piperidine rings is 1. The highest BCUT2D eigenvalue weighted by Gasteiger charge is 2.48. The molecule has 3 aliphatic heterocycles. The SMILES string of the molecule is COC(=O)c1cccc(CC(=O)N2C[C@@H]3CN4CCCC[C@@H]4[C@H]3C2)c1. The molecular weight excluding hydrogens is 316 g/mol. The van der Waals surface area contributed by atoms with Gasteiger partial charge in [0.2, 0.25) is 5.91 Å². The number of methoxy groups -OCH3 is 1. The number of ether oxygens (including phenoxy) is 1. The highest BCUT2D eigenvalue weighted by molar-refractivity contribution is 5.90. The van der Waals surface area contributed by atoms with Crippen molar-refractivity contribution >= 4 is 11.9 Å². The topological polar surface area (TPSA) is 49.9 Å². The zero-order chi connectivity index (χ0) is 17.4. The molecule has 0 spiro atoms. The first-order valence-corrected chi connectivity index (χ1v) is 9.35. The van der Waals surface area contributed by atoms with Crippen molar-refractivity contribution in [3.05, 3.63) is 35.4 Å². The van der Waals surface area contributed by atoms with Crippen molar-refractivity contribution in [2.75, 3.05) is 33.3 Å².